The molecule has 0 saturated carbocycles. The molecule has 1 heterocycles. The second kappa shape index (κ2) is 11.0. The second-order valence-corrected chi connectivity index (χ2v) is 10.5. The summed E-state index contributed by atoms with van der Waals surface area (Å²) in [6.07, 6.45) is 0. The van der Waals surface area contributed by atoms with E-state index in [9.17, 15) is 13.2 Å². The number of ether oxygens (including phenoxy) is 1. The predicted molar refractivity (Wildman–Crippen MR) is 137 cm³/mol. The number of amides is 1. The van der Waals surface area contributed by atoms with E-state index in [1.54, 1.807) is 31.2 Å². The molecule has 35 heavy (non-hydrogen) atoms. The van der Waals surface area contributed by atoms with Crippen LogP contribution < -0.4 is 10.0 Å². The van der Waals surface area contributed by atoms with E-state index in [-0.39, 0.29) is 10.8 Å². The first-order valence-electron chi connectivity index (χ1n) is 11.7. The third kappa shape index (κ3) is 6.69. The zero-order chi connectivity index (χ0) is 24.8. The Morgan fingerprint density at radius 3 is 2.40 bits per heavy atom. The third-order valence-corrected chi connectivity index (χ3v) is 7.52. The molecule has 1 fully saturated rings. The van der Waals surface area contributed by atoms with Crippen molar-refractivity contribution in [2.24, 2.45) is 0 Å². The Labute approximate surface area is 207 Å². The Hall–Kier alpha value is -3.20. The number of nitrogens with zero attached hydrogens (tertiary/aromatic N) is 1. The van der Waals surface area contributed by atoms with Crippen LogP contribution in [-0.2, 0) is 27.8 Å². The quantitative estimate of drug-likeness (QED) is 0.498. The molecule has 0 atom stereocenters. The van der Waals surface area contributed by atoms with Gasteiger partial charge in [-0.05, 0) is 54.8 Å². The van der Waals surface area contributed by atoms with Crippen LogP contribution in [0.5, 0.6) is 0 Å². The van der Waals surface area contributed by atoms with Crippen molar-refractivity contribution in [3.05, 3.63) is 94.5 Å². The Kier molecular flexibility index (Phi) is 7.85. The van der Waals surface area contributed by atoms with E-state index in [2.05, 4.69) is 27.1 Å². The molecule has 4 rings (SSSR count). The minimum atomic E-state index is -3.84. The first-order valence-corrected chi connectivity index (χ1v) is 13.1. The van der Waals surface area contributed by atoms with Crippen LogP contribution in [0.2, 0.25) is 0 Å². The average molecular weight is 494 g/mol. The van der Waals surface area contributed by atoms with E-state index < -0.39 is 10.0 Å². The number of nitrogens with one attached hydrogen (secondary N) is 2. The van der Waals surface area contributed by atoms with Crippen molar-refractivity contribution in [2.75, 3.05) is 31.0 Å². The monoisotopic (exact) mass is 493 g/mol. The van der Waals surface area contributed by atoms with E-state index >= 15 is 0 Å². The SMILES string of the molecule is Cc1ccc(NS(=O)(=O)c2cc(C(=O)NCc3cccc(CN4CCOCC4)c3)ccc2C)cc1. The van der Waals surface area contributed by atoms with E-state index in [0.29, 0.717) is 23.4 Å². The Balaban J connectivity index is 1.42. The van der Waals surface area contributed by atoms with Crippen molar-refractivity contribution in [3.8, 4) is 0 Å². The summed E-state index contributed by atoms with van der Waals surface area (Å²) in [5, 5.41) is 2.91. The summed E-state index contributed by atoms with van der Waals surface area (Å²) in [7, 11) is -3.84. The molecule has 184 valence electrons. The fourth-order valence-electron chi connectivity index (χ4n) is 4.00. The van der Waals surface area contributed by atoms with Crippen molar-refractivity contribution in [2.45, 2.75) is 31.8 Å². The number of aryl methyl sites for hydroxylation is 2. The highest BCUT2D eigenvalue weighted by atomic mass is 32.2. The van der Waals surface area contributed by atoms with Crippen LogP contribution >= 0.6 is 0 Å². The van der Waals surface area contributed by atoms with Crippen LogP contribution in [0.1, 0.15) is 32.6 Å². The molecule has 0 spiro atoms. The maximum Gasteiger partial charge on any atom is 0.262 e. The maximum absolute atomic E-state index is 13.0. The minimum absolute atomic E-state index is 0.0817. The number of rotatable bonds is 8. The van der Waals surface area contributed by atoms with Gasteiger partial charge in [-0.15, -0.1) is 0 Å². The zero-order valence-electron chi connectivity index (χ0n) is 20.1. The van der Waals surface area contributed by atoms with Crippen molar-refractivity contribution < 1.29 is 17.9 Å². The van der Waals surface area contributed by atoms with E-state index in [1.165, 1.54) is 11.6 Å². The largest absolute Gasteiger partial charge is 0.379 e. The van der Waals surface area contributed by atoms with E-state index in [1.807, 2.05) is 31.2 Å². The number of carbonyl (C=O) groups excluding carboxylic acids is 1. The number of hydrogen-bond acceptors (Lipinski definition) is 5. The fourth-order valence-corrected chi connectivity index (χ4v) is 5.33. The second-order valence-electron chi connectivity index (χ2n) is 8.84. The average Bonchev–Trinajstić information content (AvgIpc) is 2.85. The van der Waals surface area contributed by atoms with Gasteiger partial charge in [0.25, 0.3) is 15.9 Å². The highest BCUT2D eigenvalue weighted by molar-refractivity contribution is 7.92. The van der Waals surface area contributed by atoms with Gasteiger partial charge in [-0.2, -0.15) is 0 Å². The van der Waals surface area contributed by atoms with Crippen LogP contribution in [0.25, 0.3) is 0 Å². The fraction of sp³-hybridized carbons (Fsp3) is 0.296. The van der Waals surface area contributed by atoms with E-state index in [0.717, 1.165) is 44.0 Å². The Morgan fingerprint density at radius 2 is 1.66 bits per heavy atom. The molecule has 0 bridgehead atoms. The number of morpholine rings is 1. The summed E-state index contributed by atoms with van der Waals surface area (Å²) in [5.41, 5.74) is 4.55. The Morgan fingerprint density at radius 1 is 0.943 bits per heavy atom. The standard InChI is InChI=1S/C27H31N3O4S/c1-20-6-10-25(11-7-20)29-35(32,33)26-17-24(9-8-21(26)2)27(31)28-18-22-4-3-5-23(16-22)19-30-12-14-34-15-13-30/h3-11,16-17,29H,12-15,18-19H2,1-2H3,(H,28,31). The van der Waals surface area contributed by atoms with Crippen molar-refractivity contribution >= 4 is 21.6 Å². The molecular formula is C27H31N3O4S. The smallest absolute Gasteiger partial charge is 0.262 e. The van der Waals surface area contributed by atoms with Gasteiger partial charge in [-0.3, -0.25) is 14.4 Å². The van der Waals surface area contributed by atoms with Gasteiger partial charge in [-0.1, -0.05) is 48.0 Å². The lowest BCUT2D eigenvalue weighted by atomic mass is 10.1. The van der Waals surface area contributed by atoms with Gasteiger partial charge in [0.2, 0.25) is 0 Å². The van der Waals surface area contributed by atoms with Gasteiger partial charge in [0.05, 0.1) is 18.1 Å². The molecule has 1 amide bonds. The molecule has 0 radical (unpaired) electrons. The van der Waals surface area contributed by atoms with Crippen LogP contribution in [-0.4, -0.2) is 45.5 Å². The lowest BCUT2D eigenvalue weighted by Gasteiger charge is -2.26. The van der Waals surface area contributed by atoms with Crippen LogP contribution in [0, 0.1) is 13.8 Å². The number of anilines is 1. The van der Waals surface area contributed by atoms with Gasteiger partial charge in [0, 0.05) is 37.4 Å². The van der Waals surface area contributed by atoms with Gasteiger partial charge >= 0.3 is 0 Å². The van der Waals surface area contributed by atoms with E-state index in [4.69, 9.17) is 4.74 Å². The first-order chi connectivity index (χ1) is 16.8. The molecule has 1 saturated heterocycles. The van der Waals surface area contributed by atoms with Crippen LogP contribution in [0.4, 0.5) is 5.69 Å². The summed E-state index contributed by atoms with van der Waals surface area (Å²) in [5.74, 6) is -0.324. The number of hydrogen-bond donors (Lipinski definition) is 2. The molecule has 3 aromatic rings. The summed E-state index contributed by atoms with van der Waals surface area (Å²) < 4.78 is 34.0. The molecule has 0 aromatic heterocycles. The maximum atomic E-state index is 13.0. The minimum Gasteiger partial charge on any atom is -0.379 e. The highest BCUT2D eigenvalue weighted by Gasteiger charge is 2.19. The number of carbonyl (C=O) groups is 1. The molecule has 1 aliphatic heterocycles. The summed E-state index contributed by atoms with van der Waals surface area (Å²) >= 11 is 0. The molecule has 8 heteroatoms. The molecule has 3 aromatic carbocycles. The summed E-state index contributed by atoms with van der Waals surface area (Å²) in [4.78, 5) is 15.3. The van der Waals surface area contributed by atoms with Gasteiger partial charge < -0.3 is 10.1 Å². The molecule has 1 aliphatic rings. The van der Waals surface area contributed by atoms with Crippen LogP contribution in [0.3, 0.4) is 0 Å². The van der Waals surface area contributed by atoms with Crippen molar-refractivity contribution in [1.82, 2.24) is 10.2 Å². The summed E-state index contributed by atoms with van der Waals surface area (Å²) in [6.45, 7) is 8.19. The van der Waals surface area contributed by atoms with Crippen LogP contribution in [0.15, 0.2) is 71.6 Å². The lowest BCUT2D eigenvalue weighted by molar-refractivity contribution is 0.0342. The number of sulfonamides is 1. The van der Waals surface area contributed by atoms with Gasteiger partial charge in [0.1, 0.15) is 0 Å². The molecule has 0 unspecified atom stereocenters. The van der Waals surface area contributed by atoms with Gasteiger partial charge in [0.15, 0.2) is 0 Å². The van der Waals surface area contributed by atoms with Crippen molar-refractivity contribution in [3.63, 3.8) is 0 Å². The molecule has 0 aliphatic carbocycles. The Bertz CT molecular complexity index is 1280. The first kappa shape index (κ1) is 24.9. The van der Waals surface area contributed by atoms with Crippen molar-refractivity contribution in [1.29, 1.82) is 0 Å². The molecule has 2 N–H and O–H groups in total. The molecule has 7 nitrogen and oxygen atoms in total. The highest BCUT2D eigenvalue weighted by Crippen LogP contribution is 2.21. The predicted octanol–water partition coefficient (Wildman–Crippen LogP) is 3.87. The lowest BCUT2D eigenvalue weighted by Crippen LogP contribution is -2.35. The summed E-state index contributed by atoms with van der Waals surface area (Å²) in [6, 6.07) is 20.0. The topological polar surface area (TPSA) is 87.7 Å². The van der Waals surface area contributed by atoms with Gasteiger partial charge in [-0.25, -0.2) is 8.42 Å². The molecular weight excluding hydrogens is 462 g/mol. The normalized spacial score (nSPS) is 14.5. The number of benzene rings is 3. The zero-order valence-corrected chi connectivity index (χ0v) is 20.9. The third-order valence-electron chi connectivity index (χ3n) is 6.00.